The fraction of sp³-hybridized carbons (Fsp3) is 0.500. The van der Waals surface area contributed by atoms with E-state index in [2.05, 4.69) is 0 Å². The molecule has 0 aromatic heterocycles. The molecule has 0 radical (unpaired) electrons. The predicted octanol–water partition coefficient (Wildman–Crippen LogP) is 1.57. The van der Waals surface area contributed by atoms with E-state index in [0.717, 1.165) is 11.8 Å². The van der Waals surface area contributed by atoms with Crippen LogP contribution in [0.5, 0.6) is 0 Å². The minimum Gasteiger partial charge on any atom is -0.303 e. The molecule has 0 bridgehead atoms. The van der Waals surface area contributed by atoms with Gasteiger partial charge >= 0.3 is 0 Å². The van der Waals surface area contributed by atoms with E-state index in [-0.39, 0.29) is 17.7 Å². The summed E-state index contributed by atoms with van der Waals surface area (Å²) in [5.41, 5.74) is 0.941. The van der Waals surface area contributed by atoms with Gasteiger partial charge in [-0.05, 0) is 32.5 Å². The van der Waals surface area contributed by atoms with Gasteiger partial charge < -0.3 is 9.69 Å². The summed E-state index contributed by atoms with van der Waals surface area (Å²) >= 11 is 0. The lowest BCUT2D eigenvalue weighted by molar-refractivity contribution is -0.110. The number of rotatable bonds is 8. The highest BCUT2D eigenvalue weighted by molar-refractivity contribution is 7.85. The van der Waals surface area contributed by atoms with E-state index in [1.807, 2.05) is 49.2 Å². The molecule has 20 heavy (non-hydrogen) atoms. The summed E-state index contributed by atoms with van der Waals surface area (Å²) < 4.78 is 30.1. The van der Waals surface area contributed by atoms with Crippen molar-refractivity contribution >= 4 is 16.4 Å². The van der Waals surface area contributed by atoms with Gasteiger partial charge in [0, 0.05) is 6.04 Å². The van der Waals surface area contributed by atoms with E-state index < -0.39 is 10.1 Å². The van der Waals surface area contributed by atoms with Crippen molar-refractivity contribution in [3.8, 4) is 0 Å². The number of carbonyl (C=O) groups is 1. The first-order chi connectivity index (χ1) is 9.35. The quantitative estimate of drug-likeness (QED) is 0.582. The Bertz CT molecular complexity index is 515. The van der Waals surface area contributed by atoms with E-state index in [1.165, 1.54) is 0 Å². The lowest BCUT2D eigenvalue weighted by Crippen LogP contribution is -2.36. The van der Waals surface area contributed by atoms with Gasteiger partial charge in [-0.3, -0.25) is 4.55 Å². The molecule has 2 atom stereocenters. The first kappa shape index (κ1) is 16.8. The van der Waals surface area contributed by atoms with Crippen LogP contribution in [0.3, 0.4) is 0 Å². The largest absolute Gasteiger partial charge is 0.303 e. The van der Waals surface area contributed by atoms with Crippen LogP contribution < -0.4 is 0 Å². The van der Waals surface area contributed by atoms with Crippen molar-refractivity contribution in [2.75, 3.05) is 19.3 Å². The van der Waals surface area contributed by atoms with Gasteiger partial charge in [0.2, 0.25) is 0 Å². The highest BCUT2D eigenvalue weighted by atomic mass is 32.2. The molecule has 0 aliphatic rings. The molecule has 112 valence electrons. The number of aldehydes is 1. The van der Waals surface area contributed by atoms with Crippen LogP contribution in [0.1, 0.15) is 24.8 Å². The summed E-state index contributed by atoms with van der Waals surface area (Å²) in [6.07, 6.45) is 1.25. The molecular weight excluding hydrogens is 278 g/mol. The van der Waals surface area contributed by atoms with Gasteiger partial charge in [-0.1, -0.05) is 30.3 Å². The highest BCUT2D eigenvalue weighted by Crippen LogP contribution is 2.20. The van der Waals surface area contributed by atoms with Gasteiger partial charge in [-0.15, -0.1) is 0 Å². The van der Waals surface area contributed by atoms with Crippen LogP contribution in [-0.2, 0) is 14.9 Å². The number of likely N-dealkylation sites (N-methyl/N-ethyl adjacent to an activating group) is 1. The second-order valence-corrected chi connectivity index (χ2v) is 6.51. The van der Waals surface area contributed by atoms with Crippen LogP contribution in [-0.4, -0.2) is 49.5 Å². The van der Waals surface area contributed by atoms with Crippen molar-refractivity contribution in [2.45, 2.75) is 25.3 Å². The van der Waals surface area contributed by atoms with Crippen LogP contribution >= 0.6 is 0 Å². The SMILES string of the molecule is C[C@H](C(C=O)c1ccccc1)N(C)CCCS(=O)(=O)O. The molecule has 0 saturated heterocycles. The molecule has 0 saturated carbocycles. The van der Waals surface area contributed by atoms with E-state index in [1.54, 1.807) is 0 Å². The first-order valence-corrected chi connectivity index (χ1v) is 8.11. The Morgan fingerprint density at radius 3 is 2.40 bits per heavy atom. The Hall–Kier alpha value is -1.24. The first-order valence-electron chi connectivity index (χ1n) is 6.51. The number of carbonyl (C=O) groups excluding carboxylic acids is 1. The third-order valence-corrected chi connectivity index (χ3v) is 4.26. The van der Waals surface area contributed by atoms with Crippen molar-refractivity contribution in [1.82, 2.24) is 4.90 Å². The third-order valence-electron chi connectivity index (χ3n) is 3.46. The normalized spacial score (nSPS) is 15.0. The second kappa shape index (κ2) is 7.52. The molecule has 1 aromatic rings. The molecule has 0 aliphatic heterocycles. The summed E-state index contributed by atoms with van der Waals surface area (Å²) in [6, 6.07) is 9.43. The van der Waals surface area contributed by atoms with Crippen LogP contribution in [0.4, 0.5) is 0 Å². The molecule has 0 amide bonds. The molecule has 0 aliphatic carbocycles. The maximum atomic E-state index is 11.3. The molecule has 1 N–H and O–H groups in total. The summed E-state index contributed by atoms with van der Waals surface area (Å²) in [5, 5.41) is 0. The van der Waals surface area contributed by atoms with Gasteiger partial charge in [0.25, 0.3) is 10.1 Å². The monoisotopic (exact) mass is 299 g/mol. The maximum Gasteiger partial charge on any atom is 0.264 e. The highest BCUT2D eigenvalue weighted by Gasteiger charge is 2.22. The molecule has 0 fully saturated rings. The van der Waals surface area contributed by atoms with Gasteiger partial charge in [-0.25, -0.2) is 0 Å². The molecular formula is C14H21NO4S. The van der Waals surface area contributed by atoms with Crippen LogP contribution in [0, 0.1) is 0 Å². The van der Waals surface area contributed by atoms with Gasteiger partial charge in [0.05, 0.1) is 11.7 Å². The summed E-state index contributed by atoms with van der Waals surface area (Å²) in [6.45, 7) is 2.43. The summed E-state index contributed by atoms with van der Waals surface area (Å²) in [7, 11) is -2.08. The zero-order valence-corrected chi connectivity index (χ0v) is 12.6. The molecule has 0 heterocycles. The lowest BCUT2D eigenvalue weighted by atomic mass is 9.93. The van der Waals surface area contributed by atoms with Gasteiger partial charge in [0.15, 0.2) is 0 Å². The zero-order valence-electron chi connectivity index (χ0n) is 11.8. The Kier molecular flexibility index (Phi) is 6.32. The lowest BCUT2D eigenvalue weighted by Gasteiger charge is -2.29. The summed E-state index contributed by atoms with van der Waals surface area (Å²) in [5.74, 6) is -0.520. The third kappa shape index (κ3) is 5.40. The topological polar surface area (TPSA) is 74.7 Å². The fourth-order valence-corrected chi connectivity index (χ4v) is 2.61. The average Bonchev–Trinajstić information content (AvgIpc) is 2.39. The van der Waals surface area contributed by atoms with Crippen molar-refractivity contribution in [1.29, 1.82) is 0 Å². The van der Waals surface area contributed by atoms with E-state index in [9.17, 15) is 13.2 Å². The molecule has 1 rings (SSSR count). The Labute approximate surface area is 120 Å². The fourth-order valence-electron chi connectivity index (χ4n) is 2.12. The molecule has 1 unspecified atom stereocenters. The standard InChI is InChI=1S/C14H21NO4S/c1-12(15(2)9-6-10-20(17,18)19)14(11-16)13-7-4-3-5-8-13/h3-5,7-8,11-12,14H,6,9-10H2,1-2H3,(H,17,18,19)/t12-,14?/m1/s1. The van der Waals surface area contributed by atoms with Crippen LogP contribution in [0.15, 0.2) is 30.3 Å². The summed E-state index contributed by atoms with van der Waals surface area (Å²) in [4.78, 5) is 13.2. The smallest absolute Gasteiger partial charge is 0.264 e. The van der Waals surface area contributed by atoms with Crippen molar-refractivity contribution in [3.63, 3.8) is 0 Å². The second-order valence-electron chi connectivity index (χ2n) is 4.93. The van der Waals surface area contributed by atoms with Crippen molar-refractivity contribution < 1.29 is 17.8 Å². The van der Waals surface area contributed by atoms with Crippen LogP contribution in [0.2, 0.25) is 0 Å². The van der Waals surface area contributed by atoms with E-state index in [4.69, 9.17) is 4.55 Å². The van der Waals surface area contributed by atoms with Crippen molar-refractivity contribution in [3.05, 3.63) is 35.9 Å². The Morgan fingerprint density at radius 1 is 1.30 bits per heavy atom. The van der Waals surface area contributed by atoms with Crippen molar-refractivity contribution in [2.24, 2.45) is 0 Å². The number of nitrogens with zero attached hydrogens (tertiary/aromatic N) is 1. The molecule has 6 heteroatoms. The number of benzene rings is 1. The number of hydrogen-bond donors (Lipinski definition) is 1. The predicted molar refractivity (Wildman–Crippen MR) is 78.4 cm³/mol. The van der Waals surface area contributed by atoms with Crippen LogP contribution in [0.25, 0.3) is 0 Å². The van der Waals surface area contributed by atoms with E-state index >= 15 is 0 Å². The average molecular weight is 299 g/mol. The zero-order chi connectivity index (χ0) is 15.2. The van der Waals surface area contributed by atoms with E-state index in [0.29, 0.717) is 13.0 Å². The number of hydrogen-bond acceptors (Lipinski definition) is 4. The van der Waals surface area contributed by atoms with Gasteiger partial charge in [0.1, 0.15) is 6.29 Å². The molecule has 5 nitrogen and oxygen atoms in total. The maximum absolute atomic E-state index is 11.3. The molecule has 1 aromatic carbocycles. The van der Waals surface area contributed by atoms with Gasteiger partial charge in [-0.2, -0.15) is 8.42 Å². The minimum atomic E-state index is -3.92. The Morgan fingerprint density at radius 2 is 1.90 bits per heavy atom. The Balaban J connectivity index is 2.62. The minimum absolute atomic E-state index is 0.0451. The molecule has 0 spiro atoms.